The summed E-state index contributed by atoms with van der Waals surface area (Å²) < 4.78 is 0.986. The van der Waals surface area contributed by atoms with Crippen molar-refractivity contribution in [3.8, 4) is 0 Å². The predicted molar refractivity (Wildman–Crippen MR) is 44.1 cm³/mol. The number of H-pyrrole nitrogens is 1. The molecule has 0 saturated heterocycles. The third-order valence-electron chi connectivity index (χ3n) is 1.28. The zero-order chi connectivity index (χ0) is 9.14. The van der Waals surface area contributed by atoms with Gasteiger partial charge in [-0.3, -0.25) is 0 Å². The van der Waals surface area contributed by atoms with Crippen molar-refractivity contribution < 1.29 is 4.79 Å². The molecule has 0 radical (unpaired) electrons. The lowest BCUT2D eigenvalue weighted by Gasteiger charge is -2.06. The van der Waals surface area contributed by atoms with E-state index in [1.807, 2.05) is 13.8 Å². The minimum Gasteiger partial charge on any atom is -0.335 e. The lowest BCUT2D eigenvalue weighted by Crippen LogP contribution is -2.38. The minimum atomic E-state index is -0.423. The first-order valence-corrected chi connectivity index (χ1v) is 3.68. The second kappa shape index (κ2) is 3.25. The van der Waals surface area contributed by atoms with Gasteiger partial charge in [-0.1, -0.05) is 0 Å². The summed E-state index contributed by atoms with van der Waals surface area (Å²) in [6.45, 7) is 3.66. The number of nitrogens with one attached hydrogen (secondary N) is 2. The molecule has 66 valence electrons. The maximum absolute atomic E-state index is 11.2. The van der Waals surface area contributed by atoms with Crippen LogP contribution in [0.4, 0.5) is 4.79 Å². The quantitative estimate of drug-likeness (QED) is 0.628. The maximum Gasteiger partial charge on any atom is 0.333 e. The minimum absolute atomic E-state index is 0.0271. The van der Waals surface area contributed by atoms with Gasteiger partial charge in [-0.05, 0) is 13.8 Å². The van der Waals surface area contributed by atoms with Crippen LogP contribution < -0.4 is 11.0 Å². The normalized spacial score (nSPS) is 10.2. The van der Waals surface area contributed by atoms with Gasteiger partial charge < -0.3 is 10.3 Å². The van der Waals surface area contributed by atoms with Crippen LogP contribution in [-0.4, -0.2) is 21.6 Å². The van der Waals surface area contributed by atoms with E-state index in [1.54, 1.807) is 0 Å². The molecule has 0 unspecified atom stereocenters. The smallest absolute Gasteiger partial charge is 0.333 e. The molecule has 0 spiro atoms. The van der Waals surface area contributed by atoms with Crippen molar-refractivity contribution in [2.24, 2.45) is 0 Å². The molecule has 12 heavy (non-hydrogen) atoms. The van der Waals surface area contributed by atoms with Crippen LogP contribution in [0.25, 0.3) is 0 Å². The highest BCUT2D eigenvalue weighted by molar-refractivity contribution is 5.76. The Balaban J connectivity index is 2.79. The van der Waals surface area contributed by atoms with Crippen LogP contribution in [0.2, 0.25) is 0 Å². The SMILES string of the molecule is CC(C)NC(=O)n1cc[nH]c1=O. The van der Waals surface area contributed by atoms with E-state index in [0.717, 1.165) is 4.57 Å². The number of rotatable bonds is 1. The zero-order valence-electron chi connectivity index (χ0n) is 7.00. The van der Waals surface area contributed by atoms with E-state index in [0.29, 0.717) is 0 Å². The van der Waals surface area contributed by atoms with Crippen LogP contribution >= 0.6 is 0 Å². The Kier molecular flexibility index (Phi) is 2.32. The molecule has 1 aromatic heterocycles. The van der Waals surface area contributed by atoms with E-state index >= 15 is 0 Å². The average molecular weight is 169 g/mol. The lowest BCUT2D eigenvalue weighted by atomic mass is 10.4. The summed E-state index contributed by atoms with van der Waals surface area (Å²) in [5, 5.41) is 2.59. The summed E-state index contributed by atoms with van der Waals surface area (Å²) in [7, 11) is 0. The second-order valence-electron chi connectivity index (χ2n) is 2.74. The van der Waals surface area contributed by atoms with Crippen LogP contribution in [0.3, 0.4) is 0 Å². The maximum atomic E-state index is 11.2. The fourth-order valence-corrected chi connectivity index (χ4v) is 0.797. The van der Waals surface area contributed by atoms with Gasteiger partial charge in [0.15, 0.2) is 0 Å². The van der Waals surface area contributed by atoms with Gasteiger partial charge in [-0.2, -0.15) is 0 Å². The first-order valence-electron chi connectivity index (χ1n) is 3.68. The molecule has 0 fully saturated rings. The highest BCUT2D eigenvalue weighted by atomic mass is 16.2. The topological polar surface area (TPSA) is 66.9 Å². The number of nitrogens with zero attached hydrogens (tertiary/aromatic N) is 1. The van der Waals surface area contributed by atoms with Crippen molar-refractivity contribution in [3.05, 3.63) is 22.9 Å². The molecule has 0 aromatic carbocycles. The monoisotopic (exact) mass is 169 g/mol. The Labute approximate surface area is 69.4 Å². The Hall–Kier alpha value is -1.52. The number of amides is 1. The van der Waals surface area contributed by atoms with E-state index in [-0.39, 0.29) is 6.04 Å². The number of carbonyl (C=O) groups excluding carboxylic acids is 1. The molecule has 5 heteroatoms. The standard InChI is InChI=1S/C7H11N3O2/c1-5(2)9-7(12)10-4-3-8-6(10)11/h3-5H,1-2H3,(H,8,11)(H,9,12). The molecule has 0 aliphatic rings. The largest absolute Gasteiger partial charge is 0.335 e. The molecule has 0 aliphatic heterocycles. The molecule has 1 heterocycles. The Bertz CT molecular complexity index is 323. The van der Waals surface area contributed by atoms with Gasteiger partial charge in [0.1, 0.15) is 0 Å². The molecule has 1 amide bonds. The third kappa shape index (κ3) is 1.75. The van der Waals surface area contributed by atoms with Crippen molar-refractivity contribution >= 4 is 6.03 Å². The number of hydrogen-bond acceptors (Lipinski definition) is 2. The molecular weight excluding hydrogens is 158 g/mol. The van der Waals surface area contributed by atoms with Crippen LogP contribution in [0.1, 0.15) is 13.8 Å². The van der Waals surface area contributed by atoms with Gasteiger partial charge in [-0.25, -0.2) is 14.2 Å². The third-order valence-corrected chi connectivity index (χ3v) is 1.28. The molecular formula is C7H11N3O2. The van der Waals surface area contributed by atoms with E-state index in [2.05, 4.69) is 10.3 Å². The summed E-state index contributed by atoms with van der Waals surface area (Å²) in [6.07, 6.45) is 2.81. The lowest BCUT2D eigenvalue weighted by molar-refractivity contribution is 0.239. The molecule has 1 aromatic rings. The first-order chi connectivity index (χ1) is 5.61. The van der Waals surface area contributed by atoms with Crippen LogP contribution in [0.15, 0.2) is 17.2 Å². The summed E-state index contributed by atoms with van der Waals surface area (Å²) in [5.74, 6) is 0. The predicted octanol–water partition coefficient (Wildman–Crippen LogP) is 0.142. The second-order valence-corrected chi connectivity index (χ2v) is 2.74. The molecule has 5 nitrogen and oxygen atoms in total. The molecule has 1 rings (SSSR count). The van der Waals surface area contributed by atoms with Crippen molar-refractivity contribution in [2.45, 2.75) is 19.9 Å². The number of aromatic nitrogens is 2. The summed E-state index contributed by atoms with van der Waals surface area (Å²) in [5.41, 5.74) is -0.423. The van der Waals surface area contributed by atoms with E-state index < -0.39 is 11.7 Å². The Morgan fingerprint density at radius 2 is 2.33 bits per heavy atom. The van der Waals surface area contributed by atoms with E-state index in [4.69, 9.17) is 0 Å². The fourth-order valence-electron chi connectivity index (χ4n) is 0.797. The first kappa shape index (κ1) is 8.58. The molecule has 0 bridgehead atoms. The summed E-state index contributed by atoms with van der Waals surface area (Å²) in [6, 6.07) is -0.379. The van der Waals surface area contributed by atoms with Crippen LogP contribution in [0.5, 0.6) is 0 Å². The van der Waals surface area contributed by atoms with Crippen molar-refractivity contribution in [3.63, 3.8) is 0 Å². The Morgan fingerprint density at radius 1 is 1.67 bits per heavy atom. The van der Waals surface area contributed by atoms with Crippen molar-refractivity contribution in [2.75, 3.05) is 0 Å². The number of carbonyl (C=O) groups is 1. The number of aromatic amines is 1. The van der Waals surface area contributed by atoms with Gasteiger partial charge in [0.05, 0.1) is 0 Å². The zero-order valence-corrected chi connectivity index (χ0v) is 7.00. The highest BCUT2D eigenvalue weighted by Gasteiger charge is 2.06. The van der Waals surface area contributed by atoms with Crippen LogP contribution in [0, 0.1) is 0 Å². The van der Waals surface area contributed by atoms with Gasteiger partial charge in [0.2, 0.25) is 0 Å². The molecule has 0 aliphatic carbocycles. The van der Waals surface area contributed by atoms with Gasteiger partial charge in [0, 0.05) is 18.4 Å². The summed E-state index contributed by atoms with van der Waals surface area (Å²) >= 11 is 0. The van der Waals surface area contributed by atoms with Gasteiger partial charge in [-0.15, -0.1) is 0 Å². The highest BCUT2D eigenvalue weighted by Crippen LogP contribution is 1.82. The van der Waals surface area contributed by atoms with E-state index in [1.165, 1.54) is 12.4 Å². The number of imidazole rings is 1. The Morgan fingerprint density at radius 3 is 2.75 bits per heavy atom. The van der Waals surface area contributed by atoms with E-state index in [9.17, 15) is 9.59 Å². The molecule has 0 atom stereocenters. The fraction of sp³-hybridized carbons (Fsp3) is 0.429. The van der Waals surface area contributed by atoms with Gasteiger partial charge >= 0.3 is 11.7 Å². The van der Waals surface area contributed by atoms with Crippen LogP contribution in [-0.2, 0) is 0 Å². The van der Waals surface area contributed by atoms with Crippen molar-refractivity contribution in [1.29, 1.82) is 0 Å². The molecule has 2 N–H and O–H groups in total. The number of hydrogen-bond donors (Lipinski definition) is 2. The summed E-state index contributed by atoms with van der Waals surface area (Å²) in [4.78, 5) is 24.4. The molecule has 0 saturated carbocycles. The van der Waals surface area contributed by atoms with Gasteiger partial charge in [0.25, 0.3) is 0 Å². The van der Waals surface area contributed by atoms with Crippen molar-refractivity contribution in [1.82, 2.24) is 14.9 Å². The average Bonchev–Trinajstić information content (AvgIpc) is 2.33.